The summed E-state index contributed by atoms with van der Waals surface area (Å²) in [5.41, 5.74) is 7.55. The Bertz CT molecular complexity index is 483. The van der Waals surface area contributed by atoms with Gasteiger partial charge in [0, 0.05) is 12.6 Å². The molecule has 0 aromatic carbocycles. The Morgan fingerprint density at radius 2 is 2.20 bits per heavy atom. The van der Waals surface area contributed by atoms with E-state index in [0.717, 1.165) is 12.1 Å². The topological polar surface area (TPSA) is 72.9 Å². The number of nitrogens with zero attached hydrogens (tertiary/aromatic N) is 2. The molecular formula is C15H26N4O. The van der Waals surface area contributed by atoms with Gasteiger partial charge in [0.1, 0.15) is 0 Å². The number of nitrogens with two attached hydrogens (primary N) is 1. The van der Waals surface area contributed by atoms with Crippen molar-refractivity contribution in [2.24, 2.45) is 11.7 Å². The monoisotopic (exact) mass is 278 g/mol. The molecule has 5 nitrogen and oxygen atoms in total. The van der Waals surface area contributed by atoms with Gasteiger partial charge in [-0.2, -0.15) is 5.10 Å². The van der Waals surface area contributed by atoms with Crippen molar-refractivity contribution in [3.63, 3.8) is 0 Å². The van der Waals surface area contributed by atoms with Crippen molar-refractivity contribution in [2.75, 3.05) is 6.54 Å². The van der Waals surface area contributed by atoms with Crippen LogP contribution in [-0.2, 0) is 12.0 Å². The van der Waals surface area contributed by atoms with Gasteiger partial charge in [0.05, 0.1) is 23.0 Å². The smallest absolute Gasteiger partial charge is 0.254 e. The van der Waals surface area contributed by atoms with Crippen LogP contribution in [0.1, 0.15) is 56.6 Å². The number of carbonyl (C=O) groups is 1. The van der Waals surface area contributed by atoms with Gasteiger partial charge in [-0.1, -0.05) is 6.92 Å². The molecule has 1 heterocycles. The van der Waals surface area contributed by atoms with E-state index < -0.39 is 0 Å². The maximum Gasteiger partial charge on any atom is 0.254 e. The normalized spacial score (nSPS) is 17.1. The Hall–Kier alpha value is -1.36. The zero-order valence-electron chi connectivity index (χ0n) is 12.9. The molecule has 1 aliphatic carbocycles. The van der Waals surface area contributed by atoms with Gasteiger partial charge in [-0.05, 0) is 46.0 Å². The van der Waals surface area contributed by atoms with Gasteiger partial charge in [0.25, 0.3) is 5.91 Å². The molecule has 2 rings (SSSR count). The van der Waals surface area contributed by atoms with Gasteiger partial charge < -0.3 is 11.1 Å². The number of hydrogen-bond acceptors (Lipinski definition) is 3. The van der Waals surface area contributed by atoms with Gasteiger partial charge in [0.15, 0.2) is 0 Å². The number of aromatic nitrogens is 2. The molecule has 20 heavy (non-hydrogen) atoms. The molecule has 1 aromatic rings. The third-order valence-electron chi connectivity index (χ3n) is 3.81. The quantitative estimate of drug-likeness (QED) is 0.860. The minimum atomic E-state index is -0.117. The fraction of sp³-hybridized carbons (Fsp3) is 0.733. The average molecular weight is 278 g/mol. The maximum absolute atomic E-state index is 12.3. The van der Waals surface area contributed by atoms with E-state index >= 15 is 0 Å². The lowest BCUT2D eigenvalue weighted by molar-refractivity contribution is 0.0949. The molecule has 1 aromatic heterocycles. The van der Waals surface area contributed by atoms with Crippen molar-refractivity contribution in [1.82, 2.24) is 15.1 Å². The zero-order valence-corrected chi connectivity index (χ0v) is 12.9. The number of hydrogen-bond donors (Lipinski definition) is 2. The largest absolute Gasteiger partial charge is 0.350 e. The number of amides is 1. The minimum absolute atomic E-state index is 0.0616. The summed E-state index contributed by atoms with van der Waals surface area (Å²) in [6.45, 7) is 8.86. The fourth-order valence-electron chi connectivity index (χ4n) is 2.48. The molecule has 1 saturated carbocycles. The highest BCUT2D eigenvalue weighted by molar-refractivity contribution is 5.95. The summed E-state index contributed by atoms with van der Waals surface area (Å²) in [6, 6.07) is 0.0849. The summed E-state index contributed by atoms with van der Waals surface area (Å²) in [4.78, 5) is 12.3. The van der Waals surface area contributed by atoms with Crippen LogP contribution in [0.3, 0.4) is 0 Å². The summed E-state index contributed by atoms with van der Waals surface area (Å²) in [5, 5.41) is 7.32. The van der Waals surface area contributed by atoms with Crippen molar-refractivity contribution < 1.29 is 4.79 Å². The van der Waals surface area contributed by atoms with Crippen molar-refractivity contribution in [3.05, 3.63) is 17.5 Å². The van der Waals surface area contributed by atoms with Crippen molar-refractivity contribution in [3.8, 4) is 0 Å². The van der Waals surface area contributed by atoms with Crippen LogP contribution in [0.2, 0.25) is 0 Å². The summed E-state index contributed by atoms with van der Waals surface area (Å²) in [6.07, 6.45) is 4.84. The molecule has 1 aliphatic rings. The van der Waals surface area contributed by atoms with Crippen LogP contribution in [0, 0.1) is 5.92 Å². The van der Waals surface area contributed by atoms with E-state index in [1.807, 2.05) is 11.6 Å². The van der Waals surface area contributed by atoms with Crippen molar-refractivity contribution in [1.29, 1.82) is 0 Å². The third-order valence-corrected chi connectivity index (χ3v) is 3.81. The highest BCUT2D eigenvalue weighted by Gasteiger charge is 2.29. The van der Waals surface area contributed by atoms with Gasteiger partial charge in [0.2, 0.25) is 0 Å². The van der Waals surface area contributed by atoms with Crippen molar-refractivity contribution >= 4 is 5.91 Å². The van der Waals surface area contributed by atoms with E-state index in [1.54, 1.807) is 6.20 Å². The molecule has 1 unspecified atom stereocenters. The van der Waals surface area contributed by atoms with E-state index in [2.05, 4.69) is 31.2 Å². The maximum atomic E-state index is 12.3. The Kier molecular flexibility index (Phi) is 4.18. The molecule has 3 N–H and O–H groups in total. The van der Waals surface area contributed by atoms with Crippen LogP contribution < -0.4 is 11.1 Å². The van der Waals surface area contributed by atoms with Crippen LogP contribution in [0.5, 0.6) is 0 Å². The lowest BCUT2D eigenvalue weighted by Gasteiger charge is -2.22. The zero-order chi connectivity index (χ0) is 14.9. The Morgan fingerprint density at radius 3 is 2.70 bits per heavy atom. The van der Waals surface area contributed by atoms with E-state index in [4.69, 9.17) is 5.73 Å². The van der Waals surface area contributed by atoms with Crippen LogP contribution in [-0.4, -0.2) is 28.3 Å². The van der Waals surface area contributed by atoms with Crippen molar-refractivity contribution in [2.45, 2.75) is 58.5 Å². The first-order valence-corrected chi connectivity index (χ1v) is 7.45. The summed E-state index contributed by atoms with van der Waals surface area (Å²) >= 11 is 0. The van der Waals surface area contributed by atoms with E-state index in [0.29, 0.717) is 18.0 Å². The lowest BCUT2D eigenvalue weighted by atomic mass is 10.1. The molecule has 112 valence electrons. The third kappa shape index (κ3) is 3.20. The van der Waals surface area contributed by atoms with Gasteiger partial charge in [-0.3, -0.25) is 9.48 Å². The second kappa shape index (κ2) is 5.56. The van der Waals surface area contributed by atoms with Crippen LogP contribution in [0.25, 0.3) is 0 Å². The average Bonchev–Trinajstić information content (AvgIpc) is 3.12. The molecule has 1 amide bonds. The standard InChI is InChI=1S/C15H26N4O/c1-5-13-11(8-18-19(13)15(2,3)4)14(20)17-9-12(16)10-6-7-10/h8,10,12H,5-7,9,16H2,1-4H3,(H,17,20). The van der Waals surface area contributed by atoms with Crippen LogP contribution >= 0.6 is 0 Å². The molecule has 0 radical (unpaired) electrons. The highest BCUT2D eigenvalue weighted by atomic mass is 16.1. The molecular weight excluding hydrogens is 252 g/mol. The first-order valence-electron chi connectivity index (χ1n) is 7.45. The number of rotatable bonds is 5. The SMILES string of the molecule is CCc1c(C(=O)NCC(N)C2CC2)cnn1C(C)(C)C. The van der Waals surface area contributed by atoms with E-state index in [1.165, 1.54) is 12.8 Å². The molecule has 5 heteroatoms. The molecule has 0 aliphatic heterocycles. The first-order chi connectivity index (χ1) is 9.34. The predicted molar refractivity (Wildman–Crippen MR) is 79.6 cm³/mol. The van der Waals surface area contributed by atoms with Gasteiger partial charge >= 0.3 is 0 Å². The summed E-state index contributed by atoms with van der Waals surface area (Å²) in [7, 11) is 0. The van der Waals surface area contributed by atoms with E-state index in [9.17, 15) is 4.79 Å². The number of nitrogens with one attached hydrogen (secondary N) is 1. The van der Waals surface area contributed by atoms with Crippen LogP contribution in [0.4, 0.5) is 0 Å². The Balaban J connectivity index is 2.07. The molecule has 0 spiro atoms. The predicted octanol–water partition coefficient (Wildman–Crippen LogP) is 1.67. The lowest BCUT2D eigenvalue weighted by Crippen LogP contribution is -2.38. The summed E-state index contributed by atoms with van der Waals surface area (Å²) < 4.78 is 1.93. The minimum Gasteiger partial charge on any atom is -0.350 e. The second-order valence-corrected chi connectivity index (χ2v) is 6.65. The molecule has 1 atom stereocenters. The molecule has 0 bridgehead atoms. The second-order valence-electron chi connectivity index (χ2n) is 6.65. The van der Waals surface area contributed by atoms with E-state index in [-0.39, 0.29) is 17.5 Å². The molecule has 1 fully saturated rings. The van der Waals surface area contributed by atoms with Gasteiger partial charge in [-0.25, -0.2) is 0 Å². The van der Waals surface area contributed by atoms with Gasteiger partial charge in [-0.15, -0.1) is 0 Å². The fourth-order valence-corrected chi connectivity index (χ4v) is 2.48. The highest BCUT2D eigenvalue weighted by Crippen LogP contribution is 2.31. The Labute approximate surface area is 120 Å². The first kappa shape index (κ1) is 15.0. The Morgan fingerprint density at radius 1 is 1.55 bits per heavy atom. The number of carbonyl (C=O) groups excluding carboxylic acids is 1. The molecule has 0 saturated heterocycles. The van der Waals surface area contributed by atoms with Crippen LogP contribution in [0.15, 0.2) is 6.20 Å². The summed E-state index contributed by atoms with van der Waals surface area (Å²) in [5.74, 6) is 0.534.